The molecule has 1 heterocycles. The van der Waals surface area contributed by atoms with Crippen molar-refractivity contribution in [2.75, 3.05) is 5.32 Å². The number of hydrogen-bond donors (Lipinski definition) is 1. The summed E-state index contributed by atoms with van der Waals surface area (Å²) in [5, 5.41) is 3.17. The highest BCUT2D eigenvalue weighted by atomic mass is 79.9. The van der Waals surface area contributed by atoms with Crippen LogP contribution >= 0.6 is 27.5 Å². The average Bonchev–Trinajstić information content (AvgIpc) is 2.34. The lowest BCUT2D eigenvalue weighted by Crippen LogP contribution is -2.12. The molecule has 1 amide bonds. The number of amides is 1. The number of aromatic nitrogens is 1. The summed E-state index contributed by atoms with van der Waals surface area (Å²) >= 11 is 9.08. The number of pyridine rings is 1. The largest absolute Gasteiger partial charge is 0.322 e. The van der Waals surface area contributed by atoms with Crippen molar-refractivity contribution in [3.63, 3.8) is 0 Å². The van der Waals surface area contributed by atoms with E-state index in [9.17, 15) is 4.79 Å². The Labute approximate surface area is 118 Å². The molecule has 2 rings (SSSR count). The summed E-state index contributed by atoms with van der Waals surface area (Å²) in [6.45, 7) is 1.96. The summed E-state index contributed by atoms with van der Waals surface area (Å²) in [6, 6.07) is 8.84. The van der Waals surface area contributed by atoms with Crippen LogP contribution in [0.2, 0.25) is 5.15 Å². The fourth-order valence-corrected chi connectivity index (χ4v) is 1.79. The highest BCUT2D eigenvalue weighted by Gasteiger charge is 2.07. The highest BCUT2D eigenvalue weighted by Crippen LogP contribution is 2.20. The quantitative estimate of drug-likeness (QED) is 0.846. The fraction of sp³-hybridized carbons (Fsp3) is 0.0769. The van der Waals surface area contributed by atoms with Crippen molar-refractivity contribution >= 4 is 39.1 Å². The molecular weight excluding hydrogens is 316 g/mol. The predicted molar refractivity (Wildman–Crippen MR) is 76.1 cm³/mol. The Kier molecular flexibility index (Phi) is 3.99. The van der Waals surface area contributed by atoms with E-state index < -0.39 is 0 Å². The minimum Gasteiger partial charge on any atom is -0.322 e. The SMILES string of the molecule is Cc1cc(NC(=O)c2ccc(Cl)nc2)ccc1Br. The van der Waals surface area contributed by atoms with Gasteiger partial charge in [-0.25, -0.2) is 4.98 Å². The van der Waals surface area contributed by atoms with Gasteiger partial charge in [0, 0.05) is 16.4 Å². The number of benzene rings is 1. The maximum Gasteiger partial charge on any atom is 0.257 e. The van der Waals surface area contributed by atoms with E-state index in [2.05, 4.69) is 26.2 Å². The maximum atomic E-state index is 11.9. The molecule has 18 heavy (non-hydrogen) atoms. The van der Waals surface area contributed by atoms with E-state index in [4.69, 9.17) is 11.6 Å². The third-order valence-corrected chi connectivity index (χ3v) is 3.52. The van der Waals surface area contributed by atoms with Gasteiger partial charge in [-0.3, -0.25) is 4.79 Å². The van der Waals surface area contributed by atoms with Gasteiger partial charge in [0.2, 0.25) is 0 Å². The van der Waals surface area contributed by atoms with Crippen LogP contribution in [0.5, 0.6) is 0 Å². The third kappa shape index (κ3) is 3.09. The second-order valence-corrected chi connectivity index (χ2v) is 5.03. The molecule has 0 aliphatic rings. The molecule has 92 valence electrons. The molecule has 0 saturated heterocycles. The molecule has 0 bridgehead atoms. The van der Waals surface area contributed by atoms with Crippen molar-refractivity contribution in [1.29, 1.82) is 0 Å². The number of anilines is 1. The van der Waals surface area contributed by atoms with E-state index in [1.807, 2.05) is 25.1 Å². The van der Waals surface area contributed by atoms with E-state index in [1.165, 1.54) is 6.20 Å². The number of nitrogens with zero attached hydrogens (tertiary/aromatic N) is 1. The zero-order chi connectivity index (χ0) is 13.1. The molecule has 0 fully saturated rings. The molecule has 0 unspecified atom stereocenters. The molecule has 5 heteroatoms. The molecule has 0 aliphatic heterocycles. The maximum absolute atomic E-state index is 11.9. The van der Waals surface area contributed by atoms with E-state index in [0.717, 1.165) is 15.7 Å². The monoisotopic (exact) mass is 324 g/mol. The number of nitrogens with one attached hydrogen (secondary N) is 1. The minimum absolute atomic E-state index is 0.208. The van der Waals surface area contributed by atoms with Crippen LogP contribution in [-0.4, -0.2) is 10.9 Å². The Morgan fingerprint density at radius 2 is 2.11 bits per heavy atom. The van der Waals surface area contributed by atoms with Crippen molar-refractivity contribution in [2.45, 2.75) is 6.92 Å². The van der Waals surface area contributed by atoms with Gasteiger partial charge in [-0.05, 0) is 42.8 Å². The minimum atomic E-state index is -0.208. The van der Waals surface area contributed by atoms with Crippen molar-refractivity contribution in [3.8, 4) is 0 Å². The first-order chi connectivity index (χ1) is 8.56. The first-order valence-electron chi connectivity index (χ1n) is 5.25. The number of aryl methyl sites for hydroxylation is 1. The summed E-state index contributed by atoms with van der Waals surface area (Å²) in [6.07, 6.45) is 1.45. The van der Waals surface area contributed by atoms with Crippen molar-refractivity contribution in [1.82, 2.24) is 4.98 Å². The lowest BCUT2D eigenvalue weighted by molar-refractivity contribution is 0.102. The second-order valence-electron chi connectivity index (χ2n) is 3.79. The summed E-state index contributed by atoms with van der Waals surface area (Å²) in [4.78, 5) is 15.8. The van der Waals surface area contributed by atoms with Crippen molar-refractivity contribution in [2.24, 2.45) is 0 Å². The molecule has 0 radical (unpaired) electrons. The molecule has 1 aromatic heterocycles. The second kappa shape index (κ2) is 5.50. The van der Waals surface area contributed by atoms with Gasteiger partial charge in [0.15, 0.2) is 0 Å². The average molecular weight is 326 g/mol. The van der Waals surface area contributed by atoms with Crippen LogP contribution in [0.25, 0.3) is 0 Å². The lowest BCUT2D eigenvalue weighted by Gasteiger charge is -2.07. The Morgan fingerprint density at radius 1 is 1.33 bits per heavy atom. The number of halogens is 2. The van der Waals surface area contributed by atoms with Gasteiger partial charge in [-0.15, -0.1) is 0 Å². The van der Waals surface area contributed by atoms with E-state index in [-0.39, 0.29) is 5.91 Å². The molecule has 3 nitrogen and oxygen atoms in total. The van der Waals surface area contributed by atoms with Crippen molar-refractivity contribution in [3.05, 3.63) is 57.3 Å². The van der Waals surface area contributed by atoms with Crippen LogP contribution in [0.3, 0.4) is 0 Å². The van der Waals surface area contributed by atoms with Crippen LogP contribution in [0.15, 0.2) is 41.0 Å². The first-order valence-corrected chi connectivity index (χ1v) is 6.42. The Morgan fingerprint density at radius 3 is 2.72 bits per heavy atom. The molecule has 0 atom stereocenters. The number of hydrogen-bond acceptors (Lipinski definition) is 2. The summed E-state index contributed by atoms with van der Waals surface area (Å²) in [5.74, 6) is -0.208. The van der Waals surface area contributed by atoms with E-state index in [1.54, 1.807) is 12.1 Å². The smallest absolute Gasteiger partial charge is 0.257 e. The molecule has 1 aromatic carbocycles. The third-order valence-electron chi connectivity index (χ3n) is 2.41. The Bertz CT molecular complexity index is 584. The van der Waals surface area contributed by atoms with Gasteiger partial charge in [-0.1, -0.05) is 27.5 Å². The molecule has 0 spiro atoms. The Balaban J connectivity index is 2.16. The highest BCUT2D eigenvalue weighted by molar-refractivity contribution is 9.10. The predicted octanol–water partition coefficient (Wildman–Crippen LogP) is 4.06. The van der Waals surface area contributed by atoms with Crippen LogP contribution in [0.1, 0.15) is 15.9 Å². The van der Waals surface area contributed by atoms with Gasteiger partial charge >= 0.3 is 0 Å². The molecule has 2 aromatic rings. The Hall–Kier alpha value is -1.39. The zero-order valence-electron chi connectivity index (χ0n) is 9.58. The standard InChI is InChI=1S/C13H10BrClN2O/c1-8-6-10(3-4-11(8)14)17-13(18)9-2-5-12(15)16-7-9/h2-7H,1H3,(H,17,18). The van der Waals surface area contributed by atoms with Crippen LogP contribution in [-0.2, 0) is 0 Å². The fourth-order valence-electron chi connectivity index (χ4n) is 1.44. The molecule has 1 N–H and O–H groups in total. The summed E-state index contributed by atoms with van der Waals surface area (Å²) in [5.41, 5.74) is 2.28. The summed E-state index contributed by atoms with van der Waals surface area (Å²) < 4.78 is 1.01. The van der Waals surface area contributed by atoms with E-state index >= 15 is 0 Å². The van der Waals surface area contributed by atoms with Gasteiger partial charge in [-0.2, -0.15) is 0 Å². The van der Waals surface area contributed by atoms with E-state index in [0.29, 0.717) is 10.7 Å². The van der Waals surface area contributed by atoms with Gasteiger partial charge in [0.1, 0.15) is 5.15 Å². The molecule has 0 saturated carbocycles. The first kappa shape index (κ1) is 13.1. The van der Waals surface area contributed by atoms with Crippen molar-refractivity contribution < 1.29 is 4.79 Å². The summed E-state index contributed by atoms with van der Waals surface area (Å²) in [7, 11) is 0. The van der Waals surface area contributed by atoms with Gasteiger partial charge in [0.25, 0.3) is 5.91 Å². The topological polar surface area (TPSA) is 42.0 Å². The number of carbonyl (C=O) groups excluding carboxylic acids is 1. The normalized spacial score (nSPS) is 10.2. The zero-order valence-corrected chi connectivity index (χ0v) is 11.9. The molecular formula is C13H10BrClN2O. The number of carbonyl (C=O) groups is 1. The van der Waals surface area contributed by atoms with Crippen LogP contribution in [0, 0.1) is 6.92 Å². The van der Waals surface area contributed by atoms with Crippen LogP contribution < -0.4 is 5.32 Å². The number of rotatable bonds is 2. The lowest BCUT2D eigenvalue weighted by atomic mass is 10.2. The van der Waals surface area contributed by atoms with Gasteiger partial charge < -0.3 is 5.32 Å². The van der Waals surface area contributed by atoms with Crippen LogP contribution in [0.4, 0.5) is 5.69 Å². The van der Waals surface area contributed by atoms with Gasteiger partial charge in [0.05, 0.1) is 5.56 Å². The molecule has 0 aliphatic carbocycles.